The van der Waals surface area contributed by atoms with Crippen molar-refractivity contribution in [3.05, 3.63) is 23.3 Å². The van der Waals surface area contributed by atoms with E-state index in [0.29, 0.717) is 17.2 Å². The van der Waals surface area contributed by atoms with Crippen LogP contribution in [0.15, 0.2) is 17.7 Å². The molecule has 0 unspecified atom stereocenters. The van der Waals surface area contributed by atoms with Crippen LogP contribution in [0, 0.1) is 0 Å². The van der Waals surface area contributed by atoms with Crippen molar-refractivity contribution in [2.75, 3.05) is 27.9 Å². The van der Waals surface area contributed by atoms with Crippen LogP contribution in [-0.4, -0.2) is 33.0 Å². The summed E-state index contributed by atoms with van der Waals surface area (Å²) >= 11 is 0. The molecular formula is C14H20O4. The fourth-order valence-electron chi connectivity index (χ4n) is 1.72. The Balaban J connectivity index is 3.33. The van der Waals surface area contributed by atoms with Crippen LogP contribution in [0.2, 0.25) is 0 Å². The normalized spacial score (nSPS) is 11.3. The van der Waals surface area contributed by atoms with Crippen LogP contribution in [0.5, 0.6) is 17.2 Å². The van der Waals surface area contributed by atoms with Crippen LogP contribution < -0.4 is 14.2 Å². The maximum absolute atomic E-state index is 9.21. The quantitative estimate of drug-likeness (QED) is 0.845. The molecule has 0 atom stereocenters. The van der Waals surface area contributed by atoms with Crippen molar-refractivity contribution >= 4 is 6.08 Å². The molecule has 18 heavy (non-hydrogen) atoms. The van der Waals surface area contributed by atoms with E-state index >= 15 is 0 Å². The maximum atomic E-state index is 9.21. The molecule has 4 nitrogen and oxygen atoms in total. The topological polar surface area (TPSA) is 47.9 Å². The number of aliphatic hydroxyl groups excluding tert-OH is 1. The maximum Gasteiger partial charge on any atom is 0.203 e. The van der Waals surface area contributed by atoms with Crippen LogP contribution >= 0.6 is 0 Å². The van der Waals surface area contributed by atoms with Crippen LogP contribution in [-0.2, 0) is 0 Å². The van der Waals surface area contributed by atoms with Crippen molar-refractivity contribution in [2.45, 2.75) is 13.3 Å². The monoisotopic (exact) mass is 252 g/mol. The second kappa shape index (κ2) is 6.91. The third kappa shape index (κ3) is 2.96. The van der Waals surface area contributed by atoms with E-state index in [0.717, 1.165) is 17.6 Å². The van der Waals surface area contributed by atoms with Crippen molar-refractivity contribution in [2.24, 2.45) is 0 Å². The predicted octanol–water partition coefficient (Wildman–Crippen LogP) is 2.50. The van der Waals surface area contributed by atoms with Crippen LogP contribution in [0.1, 0.15) is 18.9 Å². The van der Waals surface area contributed by atoms with Gasteiger partial charge in [0.2, 0.25) is 5.75 Å². The van der Waals surface area contributed by atoms with Gasteiger partial charge in [-0.2, -0.15) is 0 Å². The molecule has 1 aromatic rings. The standard InChI is InChI=1S/C14H20O4/c1-5-10(9-15)8-11-6-7-12(16-2)14(18-4)13(11)17-3/h6-8,15H,5,9H2,1-4H3. The van der Waals surface area contributed by atoms with Crippen molar-refractivity contribution in [3.8, 4) is 17.2 Å². The number of methoxy groups -OCH3 is 3. The number of benzene rings is 1. The Kier molecular flexibility index (Phi) is 5.52. The molecule has 0 aliphatic rings. The van der Waals surface area contributed by atoms with Gasteiger partial charge in [-0.05, 0) is 30.2 Å². The molecule has 1 rings (SSSR count). The van der Waals surface area contributed by atoms with E-state index in [1.165, 1.54) is 0 Å². The third-order valence-electron chi connectivity index (χ3n) is 2.75. The van der Waals surface area contributed by atoms with Crippen LogP contribution in [0.4, 0.5) is 0 Å². The van der Waals surface area contributed by atoms with E-state index in [1.54, 1.807) is 21.3 Å². The molecule has 4 heteroatoms. The molecule has 0 saturated heterocycles. The molecule has 0 aromatic heterocycles. The van der Waals surface area contributed by atoms with E-state index in [-0.39, 0.29) is 6.61 Å². The highest BCUT2D eigenvalue weighted by Gasteiger charge is 2.14. The van der Waals surface area contributed by atoms with Gasteiger partial charge in [0.15, 0.2) is 11.5 Å². The molecule has 0 spiro atoms. The Morgan fingerprint density at radius 1 is 1.11 bits per heavy atom. The highest BCUT2D eigenvalue weighted by Crippen LogP contribution is 2.40. The molecule has 0 radical (unpaired) electrons. The van der Waals surface area contributed by atoms with Gasteiger partial charge in [0, 0.05) is 5.56 Å². The van der Waals surface area contributed by atoms with Gasteiger partial charge in [-0.1, -0.05) is 6.92 Å². The summed E-state index contributed by atoms with van der Waals surface area (Å²) < 4.78 is 15.9. The van der Waals surface area contributed by atoms with Crippen molar-refractivity contribution < 1.29 is 19.3 Å². The Labute approximate surface area is 108 Å². The van der Waals surface area contributed by atoms with Gasteiger partial charge in [-0.25, -0.2) is 0 Å². The number of aliphatic hydroxyl groups is 1. The van der Waals surface area contributed by atoms with Crippen LogP contribution in [0.25, 0.3) is 6.08 Å². The van der Waals surface area contributed by atoms with Gasteiger partial charge in [0.25, 0.3) is 0 Å². The van der Waals surface area contributed by atoms with Crippen molar-refractivity contribution in [1.29, 1.82) is 0 Å². The van der Waals surface area contributed by atoms with E-state index in [1.807, 2.05) is 25.1 Å². The van der Waals surface area contributed by atoms with E-state index < -0.39 is 0 Å². The fraction of sp³-hybridized carbons (Fsp3) is 0.429. The summed E-state index contributed by atoms with van der Waals surface area (Å²) in [7, 11) is 4.73. The molecule has 0 fully saturated rings. The lowest BCUT2D eigenvalue weighted by Gasteiger charge is -2.14. The summed E-state index contributed by atoms with van der Waals surface area (Å²) in [6.07, 6.45) is 2.69. The van der Waals surface area contributed by atoms with Gasteiger partial charge in [-0.3, -0.25) is 0 Å². The minimum atomic E-state index is 0.0357. The fourth-order valence-corrected chi connectivity index (χ4v) is 1.72. The minimum absolute atomic E-state index is 0.0357. The average Bonchev–Trinajstić information content (AvgIpc) is 2.43. The first-order valence-corrected chi connectivity index (χ1v) is 5.81. The second-order valence-electron chi connectivity index (χ2n) is 3.74. The summed E-state index contributed by atoms with van der Waals surface area (Å²) in [6, 6.07) is 3.70. The van der Waals surface area contributed by atoms with E-state index in [2.05, 4.69) is 0 Å². The average molecular weight is 252 g/mol. The molecule has 1 N–H and O–H groups in total. The highest BCUT2D eigenvalue weighted by atomic mass is 16.5. The Morgan fingerprint density at radius 3 is 2.22 bits per heavy atom. The van der Waals surface area contributed by atoms with Crippen molar-refractivity contribution in [3.63, 3.8) is 0 Å². The first kappa shape index (κ1) is 14.4. The molecule has 0 heterocycles. The molecular weight excluding hydrogens is 232 g/mol. The lowest BCUT2D eigenvalue weighted by Crippen LogP contribution is -1.97. The van der Waals surface area contributed by atoms with Gasteiger partial charge in [-0.15, -0.1) is 0 Å². The second-order valence-corrected chi connectivity index (χ2v) is 3.74. The Bertz CT molecular complexity index is 418. The zero-order valence-corrected chi connectivity index (χ0v) is 11.3. The third-order valence-corrected chi connectivity index (χ3v) is 2.75. The number of hydrogen-bond acceptors (Lipinski definition) is 4. The van der Waals surface area contributed by atoms with Gasteiger partial charge < -0.3 is 19.3 Å². The number of ether oxygens (including phenoxy) is 3. The SMILES string of the molecule is CCC(=Cc1ccc(OC)c(OC)c1OC)CO. The molecule has 0 saturated carbocycles. The summed E-state index contributed by atoms with van der Waals surface area (Å²) in [4.78, 5) is 0. The smallest absolute Gasteiger partial charge is 0.203 e. The number of rotatable bonds is 6. The molecule has 0 amide bonds. The van der Waals surface area contributed by atoms with Gasteiger partial charge in [0.05, 0.1) is 27.9 Å². The van der Waals surface area contributed by atoms with Crippen LogP contribution in [0.3, 0.4) is 0 Å². The lowest BCUT2D eigenvalue weighted by atomic mass is 10.1. The van der Waals surface area contributed by atoms with Gasteiger partial charge in [0.1, 0.15) is 0 Å². The molecule has 0 aliphatic heterocycles. The lowest BCUT2D eigenvalue weighted by molar-refractivity contribution is 0.323. The molecule has 1 aromatic carbocycles. The van der Waals surface area contributed by atoms with E-state index in [9.17, 15) is 5.11 Å². The largest absolute Gasteiger partial charge is 0.493 e. The minimum Gasteiger partial charge on any atom is -0.493 e. The molecule has 0 bridgehead atoms. The zero-order chi connectivity index (χ0) is 13.5. The predicted molar refractivity (Wildman–Crippen MR) is 71.5 cm³/mol. The first-order valence-electron chi connectivity index (χ1n) is 5.81. The Hall–Kier alpha value is -1.68. The number of hydrogen-bond donors (Lipinski definition) is 1. The summed E-state index contributed by atoms with van der Waals surface area (Å²) in [6.45, 7) is 2.03. The highest BCUT2D eigenvalue weighted by molar-refractivity contribution is 5.67. The zero-order valence-electron chi connectivity index (χ0n) is 11.3. The van der Waals surface area contributed by atoms with Crippen molar-refractivity contribution in [1.82, 2.24) is 0 Å². The summed E-state index contributed by atoms with van der Waals surface area (Å²) in [5.74, 6) is 1.78. The first-order chi connectivity index (χ1) is 8.71. The molecule has 0 aliphatic carbocycles. The molecule has 100 valence electrons. The Morgan fingerprint density at radius 2 is 1.78 bits per heavy atom. The summed E-state index contributed by atoms with van der Waals surface area (Å²) in [5, 5.41) is 9.21. The summed E-state index contributed by atoms with van der Waals surface area (Å²) in [5.41, 5.74) is 1.79. The van der Waals surface area contributed by atoms with Gasteiger partial charge >= 0.3 is 0 Å². The van der Waals surface area contributed by atoms with E-state index in [4.69, 9.17) is 14.2 Å².